The van der Waals surface area contributed by atoms with Crippen LogP contribution in [0.15, 0.2) is 12.2 Å². The Morgan fingerprint density at radius 3 is 2.25 bits per heavy atom. The molecular formula is C17H27N2O5+. The summed E-state index contributed by atoms with van der Waals surface area (Å²) in [6, 6.07) is 0. The highest BCUT2D eigenvalue weighted by Gasteiger charge is 2.60. The van der Waals surface area contributed by atoms with Gasteiger partial charge in [-0.3, -0.25) is 14.5 Å². The summed E-state index contributed by atoms with van der Waals surface area (Å²) in [5, 5.41) is 0. The van der Waals surface area contributed by atoms with Crippen LogP contribution in [0.25, 0.3) is 0 Å². The van der Waals surface area contributed by atoms with E-state index in [0.29, 0.717) is 37.4 Å². The largest absolute Gasteiger partial charge is 0.382 e. The molecule has 2 amide bonds. The molecule has 2 bridgehead atoms. The van der Waals surface area contributed by atoms with E-state index >= 15 is 0 Å². The molecule has 24 heavy (non-hydrogen) atoms. The van der Waals surface area contributed by atoms with Crippen molar-refractivity contribution in [3.63, 3.8) is 0 Å². The Kier molecular flexibility index (Phi) is 5.05. The number of imide groups is 1. The molecule has 3 aliphatic rings. The van der Waals surface area contributed by atoms with E-state index in [1.54, 1.807) is 7.11 Å². The Balaban J connectivity index is 1.48. The molecule has 4 unspecified atom stereocenters. The third-order valence-electron chi connectivity index (χ3n) is 5.20. The number of rotatable bonds is 9. The van der Waals surface area contributed by atoms with Crippen molar-refractivity contribution in [2.75, 3.05) is 60.7 Å². The third kappa shape index (κ3) is 3.26. The summed E-state index contributed by atoms with van der Waals surface area (Å²) in [5.74, 6) is -0.752. The molecule has 0 saturated carbocycles. The SMILES string of the molecule is COCCOCC[N+](C)(C)CCN1C(=O)C2C3C=CC(O3)C2C1=O. The van der Waals surface area contributed by atoms with Gasteiger partial charge in [-0.25, -0.2) is 0 Å². The molecule has 3 aliphatic heterocycles. The Hall–Kier alpha value is -1.28. The molecule has 3 rings (SSSR count). The highest BCUT2D eigenvalue weighted by atomic mass is 16.5. The van der Waals surface area contributed by atoms with Gasteiger partial charge in [-0.15, -0.1) is 0 Å². The molecule has 7 heteroatoms. The quantitative estimate of drug-likeness (QED) is 0.249. The van der Waals surface area contributed by atoms with Crippen molar-refractivity contribution in [2.45, 2.75) is 12.2 Å². The zero-order valence-corrected chi connectivity index (χ0v) is 14.6. The van der Waals surface area contributed by atoms with Gasteiger partial charge in [0.1, 0.15) is 6.54 Å². The van der Waals surface area contributed by atoms with Crippen molar-refractivity contribution in [2.24, 2.45) is 11.8 Å². The molecule has 134 valence electrons. The van der Waals surface area contributed by atoms with Gasteiger partial charge in [0.15, 0.2) is 0 Å². The highest BCUT2D eigenvalue weighted by Crippen LogP contribution is 2.44. The van der Waals surface area contributed by atoms with E-state index in [-0.39, 0.29) is 35.9 Å². The van der Waals surface area contributed by atoms with E-state index in [1.165, 1.54) is 4.90 Å². The molecule has 2 saturated heterocycles. The number of hydrogen-bond acceptors (Lipinski definition) is 5. The number of ether oxygens (including phenoxy) is 3. The van der Waals surface area contributed by atoms with E-state index in [2.05, 4.69) is 14.1 Å². The molecule has 0 N–H and O–H groups in total. The molecule has 4 atom stereocenters. The van der Waals surface area contributed by atoms with Crippen molar-refractivity contribution in [3.05, 3.63) is 12.2 Å². The predicted molar refractivity (Wildman–Crippen MR) is 86.0 cm³/mol. The number of carbonyl (C=O) groups excluding carboxylic acids is 2. The number of quaternary nitrogens is 1. The summed E-state index contributed by atoms with van der Waals surface area (Å²) in [5.41, 5.74) is 0. The first-order chi connectivity index (χ1) is 11.4. The number of likely N-dealkylation sites (N-methyl/N-ethyl adjacent to an activating group) is 1. The van der Waals surface area contributed by atoms with Crippen LogP contribution in [0.2, 0.25) is 0 Å². The van der Waals surface area contributed by atoms with Gasteiger partial charge in [-0.05, 0) is 0 Å². The molecule has 3 heterocycles. The first-order valence-corrected chi connectivity index (χ1v) is 8.52. The second kappa shape index (κ2) is 6.92. The van der Waals surface area contributed by atoms with Crippen LogP contribution in [0.4, 0.5) is 0 Å². The van der Waals surface area contributed by atoms with Crippen LogP contribution < -0.4 is 0 Å². The van der Waals surface area contributed by atoms with Gasteiger partial charge in [0.2, 0.25) is 11.8 Å². The molecule has 0 aromatic rings. The van der Waals surface area contributed by atoms with Gasteiger partial charge >= 0.3 is 0 Å². The van der Waals surface area contributed by atoms with E-state index < -0.39 is 0 Å². The van der Waals surface area contributed by atoms with Crippen LogP contribution in [0.3, 0.4) is 0 Å². The summed E-state index contributed by atoms with van der Waals surface area (Å²) in [7, 11) is 5.81. The number of methoxy groups -OCH3 is 1. The smallest absolute Gasteiger partial charge is 0.236 e. The van der Waals surface area contributed by atoms with E-state index in [9.17, 15) is 9.59 Å². The maximum Gasteiger partial charge on any atom is 0.236 e. The molecule has 0 radical (unpaired) electrons. The minimum Gasteiger partial charge on any atom is -0.382 e. The Morgan fingerprint density at radius 1 is 1.04 bits per heavy atom. The van der Waals surface area contributed by atoms with Crippen molar-refractivity contribution in [1.29, 1.82) is 0 Å². The fourth-order valence-corrected chi connectivity index (χ4v) is 3.62. The van der Waals surface area contributed by atoms with Crippen LogP contribution in [0.1, 0.15) is 0 Å². The zero-order valence-electron chi connectivity index (χ0n) is 14.6. The minimum absolute atomic E-state index is 0.0711. The predicted octanol–water partition coefficient (Wildman–Crippen LogP) is -0.336. The minimum atomic E-state index is -0.305. The topological polar surface area (TPSA) is 65.1 Å². The Morgan fingerprint density at radius 2 is 1.67 bits per heavy atom. The number of fused-ring (bicyclic) bond motifs is 5. The fraction of sp³-hybridized carbons (Fsp3) is 0.765. The Labute approximate surface area is 142 Å². The van der Waals surface area contributed by atoms with Gasteiger partial charge in [-0.2, -0.15) is 0 Å². The summed E-state index contributed by atoms with van der Waals surface area (Å²) in [6.07, 6.45) is 3.41. The average molecular weight is 339 g/mol. The number of likely N-dealkylation sites (tertiary alicyclic amines) is 1. The lowest BCUT2D eigenvalue weighted by Crippen LogP contribution is -2.49. The lowest BCUT2D eigenvalue weighted by Gasteiger charge is -2.31. The van der Waals surface area contributed by atoms with Crippen molar-refractivity contribution < 1.29 is 28.3 Å². The monoisotopic (exact) mass is 339 g/mol. The van der Waals surface area contributed by atoms with Crippen LogP contribution in [0, 0.1) is 11.8 Å². The summed E-state index contributed by atoms with van der Waals surface area (Å²) in [6.45, 7) is 3.79. The van der Waals surface area contributed by atoms with Crippen LogP contribution in [-0.4, -0.2) is 94.1 Å². The average Bonchev–Trinajstić information content (AvgIpc) is 3.20. The van der Waals surface area contributed by atoms with E-state index in [4.69, 9.17) is 14.2 Å². The molecular weight excluding hydrogens is 312 g/mol. The molecule has 0 aliphatic carbocycles. The second-order valence-electron chi connectivity index (χ2n) is 7.32. The third-order valence-corrected chi connectivity index (χ3v) is 5.20. The van der Waals surface area contributed by atoms with Crippen LogP contribution in [-0.2, 0) is 23.8 Å². The van der Waals surface area contributed by atoms with Crippen molar-refractivity contribution >= 4 is 11.8 Å². The molecule has 2 fully saturated rings. The van der Waals surface area contributed by atoms with Gasteiger partial charge in [0.25, 0.3) is 0 Å². The summed E-state index contributed by atoms with van der Waals surface area (Å²) >= 11 is 0. The first-order valence-electron chi connectivity index (χ1n) is 8.52. The molecule has 0 spiro atoms. The lowest BCUT2D eigenvalue weighted by atomic mass is 9.85. The van der Waals surface area contributed by atoms with Crippen molar-refractivity contribution in [1.82, 2.24) is 4.90 Å². The van der Waals surface area contributed by atoms with Gasteiger partial charge < -0.3 is 18.7 Å². The maximum atomic E-state index is 12.6. The first kappa shape index (κ1) is 17.5. The van der Waals surface area contributed by atoms with Gasteiger partial charge in [0.05, 0.1) is 71.0 Å². The lowest BCUT2D eigenvalue weighted by molar-refractivity contribution is -0.890. The van der Waals surface area contributed by atoms with Crippen LogP contribution >= 0.6 is 0 Å². The van der Waals surface area contributed by atoms with Crippen LogP contribution in [0.5, 0.6) is 0 Å². The normalized spacial score (nSPS) is 31.4. The second-order valence-corrected chi connectivity index (χ2v) is 7.32. The number of hydrogen-bond donors (Lipinski definition) is 0. The van der Waals surface area contributed by atoms with Crippen molar-refractivity contribution in [3.8, 4) is 0 Å². The number of amides is 2. The molecule has 7 nitrogen and oxygen atoms in total. The zero-order chi connectivity index (χ0) is 17.3. The number of carbonyl (C=O) groups is 2. The molecule has 0 aromatic heterocycles. The standard InChI is InChI=1S/C17H27N2O5/c1-19(2,8-9-23-11-10-22-3)7-6-18-16(20)14-12-4-5-13(24-12)15(14)17(18)21/h4-5,12-15H,6-11H2,1-3H3/q+1. The Bertz CT molecular complexity index is 503. The summed E-state index contributed by atoms with van der Waals surface area (Å²) < 4.78 is 16.8. The molecule has 0 aromatic carbocycles. The highest BCUT2D eigenvalue weighted by molar-refractivity contribution is 6.06. The van der Waals surface area contributed by atoms with E-state index in [1.807, 2.05) is 12.2 Å². The maximum absolute atomic E-state index is 12.6. The number of nitrogens with zero attached hydrogens (tertiary/aromatic N) is 2. The van der Waals surface area contributed by atoms with Gasteiger partial charge in [-0.1, -0.05) is 12.2 Å². The van der Waals surface area contributed by atoms with Gasteiger partial charge in [0, 0.05) is 7.11 Å². The van der Waals surface area contributed by atoms with E-state index in [0.717, 1.165) is 6.54 Å². The summed E-state index contributed by atoms with van der Waals surface area (Å²) in [4.78, 5) is 26.6. The fourth-order valence-electron chi connectivity index (χ4n) is 3.62.